The van der Waals surface area contributed by atoms with Crippen LogP contribution in [-0.4, -0.2) is 19.7 Å². The lowest BCUT2D eigenvalue weighted by atomic mass is 10.3. The van der Waals surface area contributed by atoms with Gasteiger partial charge in [-0.3, -0.25) is 0 Å². The van der Waals surface area contributed by atoms with Crippen LogP contribution in [-0.2, 0) is 6.18 Å². The molecule has 0 aliphatic heterocycles. The summed E-state index contributed by atoms with van der Waals surface area (Å²) in [5, 5.41) is 3.42. The summed E-state index contributed by atoms with van der Waals surface area (Å²) in [6.07, 6.45) is -2.12. The SMILES string of the molecule is Cc1c(NN)ncnc1-n1ccc(C(F)(F)F)n1. The van der Waals surface area contributed by atoms with Gasteiger partial charge in [0.05, 0.1) is 0 Å². The molecule has 0 atom stereocenters. The Kier molecular flexibility index (Phi) is 2.91. The molecule has 0 aliphatic rings. The van der Waals surface area contributed by atoms with Crippen molar-refractivity contribution in [3.63, 3.8) is 0 Å². The summed E-state index contributed by atoms with van der Waals surface area (Å²) < 4.78 is 38.3. The summed E-state index contributed by atoms with van der Waals surface area (Å²) in [6, 6.07) is 0.872. The van der Waals surface area contributed by atoms with E-state index in [1.165, 1.54) is 12.5 Å². The minimum Gasteiger partial charge on any atom is -0.308 e. The van der Waals surface area contributed by atoms with E-state index in [1.54, 1.807) is 6.92 Å². The molecule has 0 saturated carbocycles. The summed E-state index contributed by atoms with van der Waals surface area (Å²) in [5.41, 5.74) is 1.84. The zero-order chi connectivity index (χ0) is 13.3. The van der Waals surface area contributed by atoms with Crippen LogP contribution in [0.15, 0.2) is 18.6 Å². The van der Waals surface area contributed by atoms with Gasteiger partial charge in [0, 0.05) is 11.8 Å². The summed E-state index contributed by atoms with van der Waals surface area (Å²) in [4.78, 5) is 7.71. The lowest BCUT2D eigenvalue weighted by molar-refractivity contribution is -0.141. The van der Waals surface area contributed by atoms with Gasteiger partial charge in [0.2, 0.25) is 0 Å². The Hall–Kier alpha value is -2.16. The molecule has 0 unspecified atom stereocenters. The molecule has 0 amide bonds. The number of nitrogens with zero attached hydrogens (tertiary/aromatic N) is 4. The zero-order valence-electron chi connectivity index (χ0n) is 9.23. The third kappa shape index (κ3) is 2.12. The molecule has 0 fully saturated rings. The second-order valence-corrected chi connectivity index (χ2v) is 3.46. The molecule has 2 aromatic heterocycles. The van der Waals surface area contributed by atoms with Gasteiger partial charge in [0.15, 0.2) is 11.5 Å². The largest absolute Gasteiger partial charge is 0.435 e. The van der Waals surface area contributed by atoms with E-state index in [9.17, 15) is 13.2 Å². The molecule has 0 saturated heterocycles. The van der Waals surface area contributed by atoms with Crippen LogP contribution in [0.3, 0.4) is 0 Å². The van der Waals surface area contributed by atoms with Crippen molar-refractivity contribution < 1.29 is 13.2 Å². The second kappa shape index (κ2) is 4.26. The Balaban J connectivity index is 2.47. The first kappa shape index (κ1) is 12.3. The van der Waals surface area contributed by atoms with Gasteiger partial charge in [-0.25, -0.2) is 20.5 Å². The number of rotatable bonds is 2. The summed E-state index contributed by atoms with van der Waals surface area (Å²) in [5.74, 6) is 5.78. The van der Waals surface area contributed by atoms with Crippen LogP contribution in [0.1, 0.15) is 11.3 Å². The van der Waals surface area contributed by atoms with Crippen molar-refractivity contribution >= 4 is 5.82 Å². The number of hydrazine groups is 1. The quantitative estimate of drug-likeness (QED) is 0.626. The predicted octanol–water partition coefficient (Wildman–Crippen LogP) is 1.28. The van der Waals surface area contributed by atoms with Gasteiger partial charge in [-0.2, -0.15) is 18.3 Å². The van der Waals surface area contributed by atoms with Crippen LogP contribution < -0.4 is 11.3 Å². The summed E-state index contributed by atoms with van der Waals surface area (Å²) >= 11 is 0. The fourth-order valence-corrected chi connectivity index (χ4v) is 1.41. The Morgan fingerprint density at radius 3 is 2.61 bits per heavy atom. The number of nitrogens with two attached hydrogens (primary N) is 1. The molecule has 0 aliphatic carbocycles. The van der Waals surface area contributed by atoms with E-state index in [1.807, 2.05) is 0 Å². The molecule has 96 valence electrons. The highest BCUT2D eigenvalue weighted by Gasteiger charge is 2.33. The van der Waals surface area contributed by atoms with Crippen molar-refractivity contribution in [1.82, 2.24) is 19.7 Å². The molecule has 0 bridgehead atoms. The minimum atomic E-state index is -4.48. The highest BCUT2D eigenvalue weighted by molar-refractivity contribution is 5.49. The molecule has 0 aromatic carbocycles. The van der Waals surface area contributed by atoms with Crippen LogP contribution in [0.2, 0.25) is 0 Å². The van der Waals surface area contributed by atoms with E-state index in [2.05, 4.69) is 20.5 Å². The van der Waals surface area contributed by atoms with Crippen molar-refractivity contribution in [2.24, 2.45) is 5.84 Å². The van der Waals surface area contributed by atoms with E-state index >= 15 is 0 Å². The van der Waals surface area contributed by atoms with Gasteiger partial charge in [0.25, 0.3) is 0 Å². The Morgan fingerprint density at radius 2 is 2.06 bits per heavy atom. The Labute approximate surface area is 99.6 Å². The van der Waals surface area contributed by atoms with E-state index in [0.717, 1.165) is 10.7 Å². The molecule has 2 heterocycles. The fourth-order valence-electron chi connectivity index (χ4n) is 1.41. The predicted molar refractivity (Wildman–Crippen MR) is 56.7 cm³/mol. The van der Waals surface area contributed by atoms with Gasteiger partial charge in [-0.15, -0.1) is 0 Å². The molecule has 0 spiro atoms. The molecule has 9 heteroatoms. The van der Waals surface area contributed by atoms with E-state index in [4.69, 9.17) is 5.84 Å². The lowest BCUT2D eigenvalue weighted by Crippen LogP contribution is -2.13. The van der Waals surface area contributed by atoms with Crippen molar-refractivity contribution in [2.45, 2.75) is 13.1 Å². The third-order valence-corrected chi connectivity index (χ3v) is 2.29. The first-order chi connectivity index (χ1) is 8.43. The summed E-state index contributed by atoms with van der Waals surface area (Å²) in [7, 11) is 0. The smallest absolute Gasteiger partial charge is 0.308 e. The molecule has 2 rings (SSSR count). The Morgan fingerprint density at radius 1 is 1.33 bits per heavy atom. The van der Waals surface area contributed by atoms with Crippen LogP contribution >= 0.6 is 0 Å². The van der Waals surface area contributed by atoms with Gasteiger partial charge in [-0.1, -0.05) is 0 Å². The normalized spacial score (nSPS) is 11.6. The molecule has 0 radical (unpaired) electrons. The second-order valence-electron chi connectivity index (χ2n) is 3.46. The number of nitrogens with one attached hydrogen (secondary N) is 1. The summed E-state index contributed by atoms with van der Waals surface area (Å²) in [6.45, 7) is 1.62. The molecular formula is C9H9F3N6. The van der Waals surface area contributed by atoms with E-state index < -0.39 is 11.9 Å². The standard InChI is InChI=1S/C9H9F3N6/c1-5-7(16-13)14-4-15-8(5)18-3-2-6(17-18)9(10,11)12/h2-4H,13H2,1H3,(H,14,15,16). The maximum atomic E-state index is 12.4. The van der Waals surface area contributed by atoms with Crippen LogP contribution in [0, 0.1) is 6.92 Å². The van der Waals surface area contributed by atoms with Crippen LogP contribution in [0.5, 0.6) is 0 Å². The molecule has 18 heavy (non-hydrogen) atoms. The van der Waals surface area contributed by atoms with E-state index in [0.29, 0.717) is 11.4 Å². The van der Waals surface area contributed by atoms with Crippen molar-refractivity contribution in [2.75, 3.05) is 5.43 Å². The first-order valence-electron chi connectivity index (χ1n) is 4.85. The van der Waals surface area contributed by atoms with Crippen LogP contribution in [0.25, 0.3) is 5.82 Å². The third-order valence-electron chi connectivity index (χ3n) is 2.29. The molecular weight excluding hydrogens is 249 g/mol. The van der Waals surface area contributed by atoms with Crippen molar-refractivity contribution in [3.8, 4) is 5.82 Å². The van der Waals surface area contributed by atoms with Gasteiger partial charge < -0.3 is 5.43 Å². The zero-order valence-corrected chi connectivity index (χ0v) is 9.23. The van der Waals surface area contributed by atoms with E-state index in [-0.39, 0.29) is 5.82 Å². The molecule has 2 aromatic rings. The average Bonchev–Trinajstić information content (AvgIpc) is 2.78. The maximum Gasteiger partial charge on any atom is 0.435 e. The highest BCUT2D eigenvalue weighted by Crippen LogP contribution is 2.28. The number of hydrogen-bond acceptors (Lipinski definition) is 5. The first-order valence-corrected chi connectivity index (χ1v) is 4.85. The number of nitrogen functional groups attached to an aromatic ring is 1. The molecule has 3 N–H and O–H groups in total. The Bertz CT molecular complexity index is 562. The lowest BCUT2D eigenvalue weighted by Gasteiger charge is -2.08. The number of anilines is 1. The number of alkyl halides is 3. The van der Waals surface area contributed by atoms with Crippen LogP contribution in [0.4, 0.5) is 19.0 Å². The highest BCUT2D eigenvalue weighted by atomic mass is 19.4. The number of hydrogen-bond donors (Lipinski definition) is 2. The number of halogens is 3. The van der Waals surface area contributed by atoms with Gasteiger partial charge in [-0.05, 0) is 13.0 Å². The maximum absolute atomic E-state index is 12.4. The van der Waals surface area contributed by atoms with Gasteiger partial charge in [0.1, 0.15) is 12.1 Å². The fraction of sp³-hybridized carbons (Fsp3) is 0.222. The van der Waals surface area contributed by atoms with Crippen molar-refractivity contribution in [3.05, 3.63) is 29.8 Å². The topological polar surface area (TPSA) is 81.6 Å². The molecule has 6 nitrogen and oxygen atoms in total. The number of aromatic nitrogens is 4. The monoisotopic (exact) mass is 258 g/mol. The minimum absolute atomic E-state index is 0.230. The average molecular weight is 258 g/mol. The van der Waals surface area contributed by atoms with Crippen molar-refractivity contribution in [1.29, 1.82) is 0 Å². The van der Waals surface area contributed by atoms with Gasteiger partial charge >= 0.3 is 6.18 Å².